The maximum atomic E-state index is 12.2. The van der Waals surface area contributed by atoms with Crippen LogP contribution in [0, 0.1) is 6.92 Å². The van der Waals surface area contributed by atoms with Crippen molar-refractivity contribution in [1.82, 2.24) is 9.88 Å². The van der Waals surface area contributed by atoms with Crippen molar-refractivity contribution in [2.75, 3.05) is 19.7 Å². The van der Waals surface area contributed by atoms with E-state index in [-0.39, 0.29) is 12.5 Å². The predicted molar refractivity (Wildman–Crippen MR) is 97.5 cm³/mol. The summed E-state index contributed by atoms with van der Waals surface area (Å²) >= 11 is 2.85. The molecule has 128 valence electrons. The lowest BCUT2D eigenvalue weighted by atomic mass is 10.3. The Bertz CT molecular complexity index is 735. The van der Waals surface area contributed by atoms with Crippen molar-refractivity contribution < 1.29 is 14.3 Å². The molecule has 0 atom stereocenters. The summed E-state index contributed by atoms with van der Waals surface area (Å²) in [6, 6.07) is 3.90. The molecule has 0 saturated carbocycles. The summed E-state index contributed by atoms with van der Waals surface area (Å²) in [6.07, 6.45) is 0. The number of aromatic nitrogens is 1. The van der Waals surface area contributed by atoms with Gasteiger partial charge in [-0.25, -0.2) is 9.78 Å². The minimum absolute atomic E-state index is 0.227. The Hall–Kier alpha value is -1.99. The Morgan fingerprint density at radius 3 is 2.75 bits per heavy atom. The normalized spacial score (nSPS) is 10.5. The maximum absolute atomic E-state index is 12.2. The number of hydrogen-bond acceptors (Lipinski definition) is 6. The zero-order valence-corrected chi connectivity index (χ0v) is 15.6. The van der Waals surface area contributed by atoms with E-state index < -0.39 is 5.97 Å². The zero-order valence-electron chi connectivity index (χ0n) is 14.0. The van der Waals surface area contributed by atoms with E-state index in [9.17, 15) is 9.59 Å². The molecule has 0 saturated heterocycles. The fourth-order valence-electron chi connectivity index (χ4n) is 2.08. The average Bonchev–Trinajstić information content (AvgIpc) is 3.18. The molecule has 0 bridgehead atoms. The molecule has 0 spiro atoms. The number of carbonyl (C=O) groups excluding carboxylic acids is 2. The van der Waals surface area contributed by atoms with Crippen molar-refractivity contribution in [3.63, 3.8) is 0 Å². The molecule has 2 rings (SSSR count). The van der Waals surface area contributed by atoms with Crippen molar-refractivity contribution in [3.8, 4) is 9.88 Å². The second-order valence-electron chi connectivity index (χ2n) is 5.35. The van der Waals surface area contributed by atoms with Crippen molar-refractivity contribution in [3.05, 3.63) is 40.2 Å². The summed E-state index contributed by atoms with van der Waals surface area (Å²) in [5.74, 6) is -0.734. The van der Waals surface area contributed by atoms with Gasteiger partial charge in [0.2, 0.25) is 0 Å². The number of esters is 1. The summed E-state index contributed by atoms with van der Waals surface area (Å²) in [4.78, 5) is 31.8. The molecule has 7 heteroatoms. The van der Waals surface area contributed by atoms with E-state index in [0.29, 0.717) is 23.7 Å². The van der Waals surface area contributed by atoms with E-state index in [2.05, 4.69) is 11.6 Å². The van der Waals surface area contributed by atoms with Crippen molar-refractivity contribution in [2.24, 2.45) is 0 Å². The smallest absolute Gasteiger partial charge is 0.350 e. The number of amides is 1. The highest BCUT2D eigenvalue weighted by atomic mass is 32.1. The Balaban J connectivity index is 2.00. The number of rotatable bonds is 7. The van der Waals surface area contributed by atoms with Crippen LogP contribution in [0.2, 0.25) is 0 Å². The standard InChI is InChI=1S/C17H20N2O3S2/c1-5-19(9-11(2)3)14(20)10-22-17(21)15-12(4)18-16(24-15)13-7-6-8-23-13/h6-8H,2,5,9-10H2,1,3-4H3. The summed E-state index contributed by atoms with van der Waals surface area (Å²) in [7, 11) is 0. The van der Waals surface area contributed by atoms with Gasteiger partial charge in [0.05, 0.1) is 10.6 Å². The van der Waals surface area contributed by atoms with Gasteiger partial charge in [-0.2, -0.15) is 0 Å². The molecule has 0 aromatic carbocycles. The van der Waals surface area contributed by atoms with E-state index in [1.165, 1.54) is 11.3 Å². The predicted octanol–water partition coefficient (Wildman–Crippen LogP) is 3.76. The molecule has 1 amide bonds. The third kappa shape index (κ3) is 4.52. The lowest BCUT2D eigenvalue weighted by molar-refractivity contribution is -0.133. The fraction of sp³-hybridized carbons (Fsp3) is 0.353. The first-order valence-corrected chi connectivity index (χ1v) is 9.22. The third-order valence-electron chi connectivity index (χ3n) is 3.24. The number of thiazole rings is 1. The molecule has 0 aliphatic carbocycles. The first-order chi connectivity index (χ1) is 11.4. The number of hydrogen-bond donors (Lipinski definition) is 0. The average molecular weight is 364 g/mol. The highest BCUT2D eigenvalue weighted by Crippen LogP contribution is 2.31. The maximum Gasteiger partial charge on any atom is 0.350 e. The van der Waals surface area contributed by atoms with Crippen molar-refractivity contribution >= 4 is 34.6 Å². The number of likely N-dealkylation sites (N-methyl/N-ethyl adjacent to an activating group) is 1. The molecule has 0 radical (unpaired) electrons. The Kier molecular flexibility index (Phi) is 6.28. The van der Waals surface area contributed by atoms with Crippen molar-refractivity contribution in [1.29, 1.82) is 0 Å². The molecule has 0 unspecified atom stereocenters. The molecule has 0 aliphatic rings. The summed E-state index contributed by atoms with van der Waals surface area (Å²) < 4.78 is 5.18. The van der Waals surface area contributed by atoms with Crippen LogP contribution in [0.3, 0.4) is 0 Å². The van der Waals surface area contributed by atoms with Gasteiger partial charge in [-0.05, 0) is 32.2 Å². The van der Waals surface area contributed by atoms with Crippen LogP contribution in [-0.4, -0.2) is 41.5 Å². The number of nitrogens with zero attached hydrogens (tertiary/aromatic N) is 2. The summed E-state index contributed by atoms with van der Waals surface area (Å²) in [5, 5.41) is 2.75. The molecule has 2 aromatic heterocycles. The Morgan fingerprint density at radius 2 is 2.17 bits per heavy atom. The van der Waals surface area contributed by atoms with Crippen LogP contribution in [0.5, 0.6) is 0 Å². The monoisotopic (exact) mass is 364 g/mol. The van der Waals surface area contributed by atoms with Gasteiger partial charge in [0.15, 0.2) is 6.61 Å². The lowest BCUT2D eigenvalue weighted by Gasteiger charge is -2.20. The first kappa shape index (κ1) is 18.4. The molecule has 5 nitrogen and oxygen atoms in total. The van der Waals surface area contributed by atoms with Gasteiger partial charge in [-0.3, -0.25) is 4.79 Å². The van der Waals surface area contributed by atoms with Gasteiger partial charge in [0.25, 0.3) is 5.91 Å². The Labute approximate surface area is 149 Å². The molecular formula is C17H20N2O3S2. The number of aryl methyl sites for hydroxylation is 1. The number of thiophene rings is 1. The first-order valence-electron chi connectivity index (χ1n) is 7.53. The van der Waals surface area contributed by atoms with E-state index in [4.69, 9.17) is 4.74 Å². The number of ether oxygens (including phenoxy) is 1. The quantitative estimate of drug-likeness (QED) is 0.554. The molecule has 0 N–H and O–H groups in total. The van der Waals surface area contributed by atoms with Crippen LogP contribution in [0.4, 0.5) is 0 Å². The fourth-order valence-corrected chi connectivity index (χ4v) is 3.83. The summed E-state index contributed by atoms with van der Waals surface area (Å²) in [5.41, 5.74) is 1.51. The van der Waals surface area contributed by atoms with Gasteiger partial charge >= 0.3 is 5.97 Å². The van der Waals surface area contributed by atoms with Crippen LogP contribution < -0.4 is 0 Å². The van der Waals surface area contributed by atoms with Crippen molar-refractivity contribution in [2.45, 2.75) is 20.8 Å². The summed E-state index contributed by atoms with van der Waals surface area (Å²) in [6.45, 7) is 10.0. The highest BCUT2D eigenvalue weighted by Gasteiger charge is 2.20. The van der Waals surface area contributed by atoms with E-state index in [1.807, 2.05) is 31.4 Å². The largest absolute Gasteiger partial charge is 0.451 e. The molecule has 2 aromatic rings. The van der Waals surface area contributed by atoms with Gasteiger partial charge in [0, 0.05) is 13.1 Å². The minimum Gasteiger partial charge on any atom is -0.451 e. The van der Waals surface area contributed by atoms with E-state index in [0.717, 1.165) is 15.5 Å². The second-order valence-corrected chi connectivity index (χ2v) is 7.30. The zero-order chi connectivity index (χ0) is 17.7. The van der Waals surface area contributed by atoms with Crippen LogP contribution in [-0.2, 0) is 9.53 Å². The van der Waals surface area contributed by atoms with Crippen LogP contribution in [0.25, 0.3) is 9.88 Å². The van der Waals surface area contributed by atoms with Gasteiger partial charge in [0.1, 0.15) is 9.88 Å². The molecule has 0 aliphatic heterocycles. The SMILES string of the molecule is C=C(C)CN(CC)C(=O)COC(=O)c1sc(-c2cccs2)nc1C. The molecule has 24 heavy (non-hydrogen) atoms. The van der Waals surface area contributed by atoms with Gasteiger partial charge in [-0.1, -0.05) is 18.2 Å². The topological polar surface area (TPSA) is 59.5 Å². The molecular weight excluding hydrogens is 344 g/mol. The van der Waals surface area contributed by atoms with Crippen LogP contribution >= 0.6 is 22.7 Å². The third-order valence-corrected chi connectivity index (χ3v) is 5.41. The van der Waals surface area contributed by atoms with Gasteiger partial charge < -0.3 is 9.64 Å². The highest BCUT2D eigenvalue weighted by molar-refractivity contribution is 7.22. The lowest BCUT2D eigenvalue weighted by Crippen LogP contribution is -2.35. The van der Waals surface area contributed by atoms with E-state index in [1.54, 1.807) is 23.2 Å². The molecule has 0 fully saturated rings. The number of carbonyl (C=O) groups is 2. The van der Waals surface area contributed by atoms with Crippen LogP contribution in [0.1, 0.15) is 29.2 Å². The second kappa shape index (κ2) is 8.21. The van der Waals surface area contributed by atoms with Gasteiger partial charge in [-0.15, -0.1) is 22.7 Å². The Morgan fingerprint density at radius 1 is 1.42 bits per heavy atom. The molecule has 2 heterocycles. The minimum atomic E-state index is -0.507. The van der Waals surface area contributed by atoms with Crippen LogP contribution in [0.15, 0.2) is 29.7 Å². The van der Waals surface area contributed by atoms with E-state index >= 15 is 0 Å².